The average molecular weight is 271 g/mol. The molecule has 19 heavy (non-hydrogen) atoms. The predicted molar refractivity (Wildman–Crippen MR) is 77.2 cm³/mol. The summed E-state index contributed by atoms with van der Waals surface area (Å²) in [4.78, 5) is 15.6. The van der Waals surface area contributed by atoms with Crippen molar-refractivity contribution in [3.8, 4) is 0 Å². The Balaban J connectivity index is 2.10. The number of carboxylic acids is 1. The van der Waals surface area contributed by atoms with E-state index < -0.39 is 11.5 Å². The van der Waals surface area contributed by atoms with Gasteiger partial charge >= 0.3 is 5.97 Å². The van der Waals surface area contributed by atoms with Gasteiger partial charge in [0, 0.05) is 13.1 Å². The molecule has 3 N–H and O–H groups in total. The standard InChI is InChI=1S/C14H29N3O2/c1-14(15,13(18)19)7-4-5-8-16(2)10-12-6-9-17(3)11-12/h12H,4-11,15H2,1-3H3,(H,18,19). The highest BCUT2D eigenvalue weighted by Gasteiger charge is 2.27. The third-order valence-electron chi connectivity index (χ3n) is 4.03. The van der Waals surface area contributed by atoms with Crippen LogP contribution in [0.2, 0.25) is 0 Å². The van der Waals surface area contributed by atoms with Crippen LogP contribution in [-0.2, 0) is 4.79 Å². The third kappa shape index (κ3) is 5.89. The Bertz CT molecular complexity index is 294. The van der Waals surface area contributed by atoms with Crippen molar-refractivity contribution in [3.05, 3.63) is 0 Å². The number of nitrogens with zero attached hydrogens (tertiary/aromatic N) is 2. The number of rotatable bonds is 8. The quantitative estimate of drug-likeness (QED) is 0.640. The van der Waals surface area contributed by atoms with Crippen LogP contribution < -0.4 is 5.73 Å². The molecule has 1 rings (SSSR count). The van der Waals surface area contributed by atoms with E-state index in [1.54, 1.807) is 6.92 Å². The lowest BCUT2D eigenvalue weighted by Gasteiger charge is -2.22. The fourth-order valence-electron chi connectivity index (χ4n) is 2.69. The second-order valence-corrected chi connectivity index (χ2v) is 6.36. The van der Waals surface area contributed by atoms with Gasteiger partial charge in [-0.2, -0.15) is 0 Å². The topological polar surface area (TPSA) is 69.8 Å². The molecule has 1 fully saturated rings. The van der Waals surface area contributed by atoms with Gasteiger partial charge in [-0.25, -0.2) is 0 Å². The average Bonchev–Trinajstić information content (AvgIpc) is 2.70. The second kappa shape index (κ2) is 7.22. The van der Waals surface area contributed by atoms with Crippen molar-refractivity contribution in [2.75, 3.05) is 40.3 Å². The first-order chi connectivity index (χ1) is 8.81. The van der Waals surface area contributed by atoms with Crippen LogP contribution in [-0.4, -0.2) is 66.7 Å². The summed E-state index contributed by atoms with van der Waals surface area (Å²) in [6.07, 6.45) is 3.72. The van der Waals surface area contributed by atoms with Crippen LogP contribution in [0.1, 0.15) is 32.6 Å². The summed E-state index contributed by atoms with van der Waals surface area (Å²) in [6, 6.07) is 0. The molecule has 0 aromatic carbocycles. The molecule has 0 saturated carbocycles. The molecular formula is C14H29N3O2. The Morgan fingerprint density at radius 1 is 1.53 bits per heavy atom. The minimum absolute atomic E-state index is 0.544. The first-order valence-electron chi connectivity index (χ1n) is 7.20. The van der Waals surface area contributed by atoms with Gasteiger partial charge in [0.15, 0.2) is 0 Å². The van der Waals surface area contributed by atoms with Gasteiger partial charge in [0.05, 0.1) is 0 Å². The molecule has 2 atom stereocenters. The largest absolute Gasteiger partial charge is 0.480 e. The molecule has 1 aliphatic rings. The van der Waals surface area contributed by atoms with Gasteiger partial charge in [-0.1, -0.05) is 0 Å². The predicted octanol–water partition coefficient (Wildman–Crippen LogP) is 0.842. The first-order valence-corrected chi connectivity index (χ1v) is 7.20. The maximum absolute atomic E-state index is 10.9. The van der Waals surface area contributed by atoms with Gasteiger partial charge in [-0.15, -0.1) is 0 Å². The van der Waals surface area contributed by atoms with Crippen LogP contribution in [0.25, 0.3) is 0 Å². The number of hydrogen-bond donors (Lipinski definition) is 2. The molecule has 0 amide bonds. The van der Waals surface area contributed by atoms with Crippen molar-refractivity contribution in [1.82, 2.24) is 9.80 Å². The highest BCUT2D eigenvalue weighted by molar-refractivity contribution is 5.77. The molecule has 0 radical (unpaired) electrons. The fourth-order valence-corrected chi connectivity index (χ4v) is 2.69. The normalized spacial score (nSPS) is 23.7. The molecule has 112 valence electrons. The minimum Gasteiger partial charge on any atom is -0.480 e. The van der Waals surface area contributed by atoms with Crippen molar-refractivity contribution in [3.63, 3.8) is 0 Å². The maximum atomic E-state index is 10.9. The zero-order valence-corrected chi connectivity index (χ0v) is 12.6. The Morgan fingerprint density at radius 3 is 2.74 bits per heavy atom. The van der Waals surface area contributed by atoms with Gasteiger partial charge in [0.25, 0.3) is 0 Å². The van der Waals surface area contributed by atoms with Gasteiger partial charge in [0.2, 0.25) is 0 Å². The van der Waals surface area contributed by atoms with Crippen LogP contribution in [0.5, 0.6) is 0 Å². The van der Waals surface area contributed by atoms with Crippen LogP contribution in [0.4, 0.5) is 0 Å². The van der Waals surface area contributed by atoms with Crippen molar-refractivity contribution < 1.29 is 9.90 Å². The summed E-state index contributed by atoms with van der Waals surface area (Å²) in [5.74, 6) is -0.122. The molecule has 0 aromatic rings. The molecular weight excluding hydrogens is 242 g/mol. The van der Waals surface area contributed by atoms with Crippen LogP contribution in [0, 0.1) is 5.92 Å². The highest BCUT2D eigenvalue weighted by Crippen LogP contribution is 2.16. The molecule has 5 nitrogen and oxygen atoms in total. The molecule has 1 saturated heterocycles. The fraction of sp³-hybridized carbons (Fsp3) is 0.929. The van der Waals surface area contributed by atoms with Gasteiger partial charge < -0.3 is 20.6 Å². The van der Waals surface area contributed by atoms with Crippen molar-refractivity contribution >= 4 is 5.97 Å². The van der Waals surface area contributed by atoms with E-state index in [1.165, 1.54) is 19.5 Å². The summed E-state index contributed by atoms with van der Waals surface area (Å²) >= 11 is 0. The summed E-state index contributed by atoms with van der Waals surface area (Å²) in [5, 5.41) is 8.92. The smallest absolute Gasteiger partial charge is 0.323 e. The van der Waals surface area contributed by atoms with E-state index in [1.807, 2.05) is 0 Å². The van der Waals surface area contributed by atoms with Crippen LogP contribution in [0.3, 0.4) is 0 Å². The van der Waals surface area contributed by atoms with Gasteiger partial charge in [0.1, 0.15) is 5.54 Å². The van der Waals surface area contributed by atoms with E-state index in [4.69, 9.17) is 10.8 Å². The Hall–Kier alpha value is -0.650. The highest BCUT2D eigenvalue weighted by atomic mass is 16.4. The third-order valence-corrected chi connectivity index (χ3v) is 4.03. The molecule has 0 spiro atoms. The lowest BCUT2D eigenvalue weighted by atomic mass is 9.96. The van der Waals surface area contributed by atoms with E-state index in [-0.39, 0.29) is 0 Å². The summed E-state index contributed by atoms with van der Waals surface area (Å²) in [5.41, 5.74) is 4.63. The number of unbranched alkanes of at least 4 members (excludes halogenated alkanes) is 1. The van der Waals surface area contributed by atoms with E-state index in [0.717, 1.165) is 31.8 Å². The monoisotopic (exact) mass is 271 g/mol. The molecule has 0 aliphatic carbocycles. The summed E-state index contributed by atoms with van der Waals surface area (Å²) < 4.78 is 0. The van der Waals surface area contributed by atoms with Crippen molar-refractivity contribution in [2.24, 2.45) is 11.7 Å². The Morgan fingerprint density at radius 2 is 2.21 bits per heavy atom. The first kappa shape index (κ1) is 16.4. The second-order valence-electron chi connectivity index (χ2n) is 6.36. The SMILES string of the molecule is CN(CCCCC(C)(N)C(=O)O)CC1CCN(C)C1. The van der Waals surface area contributed by atoms with Gasteiger partial charge in [-0.05, 0) is 65.7 Å². The Labute approximate surface area is 116 Å². The minimum atomic E-state index is -1.08. The van der Waals surface area contributed by atoms with E-state index in [9.17, 15) is 4.79 Å². The molecule has 0 aromatic heterocycles. The number of likely N-dealkylation sites (tertiary alicyclic amines) is 1. The number of carbonyl (C=O) groups is 1. The zero-order chi connectivity index (χ0) is 14.5. The molecule has 5 heteroatoms. The Kier molecular flexibility index (Phi) is 6.23. The zero-order valence-electron chi connectivity index (χ0n) is 12.6. The van der Waals surface area contributed by atoms with Crippen LogP contribution in [0.15, 0.2) is 0 Å². The van der Waals surface area contributed by atoms with E-state index in [0.29, 0.717) is 6.42 Å². The molecule has 0 bridgehead atoms. The molecule has 1 heterocycles. The number of aliphatic carboxylic acids is 1. The number of carboxylic acid groups (broad SMARTS) is 1. The number of nitrogens with two attached hydrogens (primary N) is 1. The maximum Gasteiger partial charge on any atom is 0.323 e. The summed E-state index contributed by atoms with van der Waals surface area (Å²) in [6.45, 7) is 6.17. The lowest BCUT2D eigenvalue weighted by molar-refractivity contribution is -0.142. The summed E-state index contributed by atoms with van der Waals surface area (Å²) in [7, 11) is 4.32. The van der Waals surface area contributed by atoms with Gasteiger partial charge in [-0.3, -0.25) is 4.79 Å². The number of hydrogen-bond acceptors (Lipinski definition) is 4. The molecule has 1 aliphatic heterocycles. The van der Waals surface area contributed by atoms with Crippen molar-refractivity contribution in [1.29, 1.82) is 0 Å². The lowest BCUT2D eigenvalue weighted by Crippen LogP contribution is -2.44. The molecule has 2 unspecified atom stereocenters. The van der Waals surface area contributed by atoms with Crippen molar-refractivity contribution in [2.45, 2.75) is 38.1 Å². The van der Waals surface area contributed by atoms with E-state index in [2.05, 4.69) is 23.9 Å². The van der Waals surface area contributed by atoms with Crippen LogP contribution >= 0.6 is 0 Å². The van der Waals surface area contributed by atoms with E-state index >= 15 is 0 Å².